The fourth-order valence-electron chi connectivity index (χ4n) is 0.635. The largest absolute Gasteiger partial charge is 0.385 e. The minimum atomic E-state index is -0.642. The Hall–Kier alpha value is -0.680. The van der Waals surface area contributed by atoms with Gasteiger partial charge in [-0.1, -0.05) is 0 Å². The Kier molecular flexibility index (Phi) is 1.41. The van der Waals surface area contributed by atoms with Crippen molar-refractivity contribution < 1.29 is 5.21 Å². The molecule has 0 bridgehead atoms. The summed E-state index contributed by atoms with van der Waals surface area (Å²) in [5.41, 5.74) is 4.81. The Morgan fingerprint density at radius 3 is 2.30 bits per heavy atom. The first-order valence-electron chi connectivity index (χ1n) is 2.84. The van der Waals surface area contributed by atoms with E-state index < -0.39 is 5.54 Å². The van der Waals surface area contributed by atoms with E-state index in [2.05, 4.69) is 17.2 Å². The van der Waals surface area contributed by atoms with Crippen molar-refractivity contribution in [1.29, 1.82) is 0 Å². The number of thiocarbonyl (C=S) groups is 1. The van der Waals surface area contributed by atoms with E-state index in [1.807, 2.05) is 0 Å². The molecule has 0 aliphatic carbocycles. The smallest absolute Gasteiger partial charge is 0.222 e. The Morgan fingerprint density at radius 2 is 2.20 bits per heavy atom. The first-order chi connectivity index (χ1) is 4.46. The van der Waals surface area contributed by atoms with Crippen LogP contribution < -0.4 is 5.73 Å². The fourth-order valence-corrected chi connectivity index (χ4v) is 0.961. The number of nitrogens with two attached hydrogens (primary N) is 1. The van der Waals surface area contributed by atoms with Gasteiger partial charge in [-0.25, -0.2) is 10.1 Å². The second kappa shape index (κ2) is 1.90. The number of hydrogen-bond donors (Lipinski definition) is 2. The van der Waals surface area contributed by atoms with Crippen LogP contribution in [0, 0.1) is 0 Å². The van der Waals surface area contributed by atoms with Gasteiger partial charge in [-0.2, -0.15) is 0 Å². The molecule has 1 aliphatic rings. The van der Waals surface area contributed by atoms with Gasteiger partial charge >= 0.3 is 0 Å². The third-order valence-corrected chi connectivity index (χ3v) is 1.82. The SMILES string of the molecule is CC1(C)C(N)=NC(=S)N1O. The van der Waals surface area contributed by atoms with E-state index in [4.69, 9.17) is 5.73 Å². The van der Waals surface area contributed by atoms with Crippen LogP contribution in [0.15, 0.2) is 4.99 Å². The van der Waals surface area contributed by atoms with Crippen LogP contribution in [0.1, 0.15) is 13.8 Å². The highest BCUT2D eigenvalue weighted by molar-refractivity contribution is 7.80. The molecule has 0 aromatic heterocycles. The topological polar surface area (TPSA) is 61.8 Å². The van der Waals surface area contributed by atoms with Crippen LogP contribution in [-0.2, 0) is 0 Å². The first-order valence-corrected chi connectivity index (χ1v) is 3.25. The second-order valence-corrected chi connectivity index (χ2v) is 3.02. The van der Waals surface area contributed by atoms with Gasteiger partial charge in [0, 0.05) is 0 Å². The summed E-state index contributed by atoms with van der Waals surface area (Å²) in [6, 6.07) is 0. The molecule has 3 N–H and O–H groups in total. The number of hydroxylamine groups is 2. The van der Waals surface area contributed by atoms with Crippen LogP contribution >= 0.6 is 12.2 Å². The lowest BCUT2D eigenvalue weighted by Gasteiger charge is -2.25. The zero-order chi connectivity index (χ0) is 7.94. The van der Waals surface area contributed by atoms with Crippen LogP contribution in [0.25, 0.3) is 0 Å². The quantitative estimate of drug-likeness (QED) is 0.492. The predicted octanol–water partition coefficient (Wildman–Crippen LogP) is 0.112. The number of hydrogen-bond acceptors (Lipinski definition) is 3. The summed E-state index contributed by atoms with van der Waals surface area (Å²) in [7, 11) is 0. The number of rotatable bonds is 0. The van der Waals surface area contributed by atoms with Gasteiger partial charge in [0.15, 0.2) is 0 Å². The van der Waals surface area contributed by atoms with Crippen LogP contribution in [0.4, 0.5) is 0 Å². The zero-order valence-electron chi connectivity index (χ0n) is 5.83. The third-order valence-electron chi connectivity index (χ3n) is 1.55. The maximum atomic E-state index is 9.19. The summed E-state index contributed by atoms with van der Waals surface area (Å²) < 4.78 is 0. The van der Waals surface area contributed by atoms with Gasteiger partial charge in [0.2, 0.25) is 5.11 Å². The molecule has 1 heterocycles. The minimum Gasteiger partial charge on any atom is -0.385 e. The molecule has 0 saturated carbocycles. The summed E-state index contributed by atoms with van der Waals surface area (Å²) in [5, 5.41) is 10.2. The third kappa shape index (κ3) is 0.783. The summed E-state index contributed by atoms with van der Waals surface area (Å²) >= 11 is 4.68. The van der Waals surface area contributed by atoms with E-state index in [1.54, 1.807) is 13.8 Å². The average molecular weight is 159 g/mol. The molecule has 4 nitrogen and oxygen atoms in total. The monoisotopic (exact) mass is 159 g/mol. The molecule has 56 valence electrons. The average Bonchev–Trinajstić information content (AvgIpc) is 1.97. The Balaban J connectivity index is 3.00. The lowest BCUT2D eigenvalue weighted by Crippen LogP contribution is -2.47. The molecule has 0 aromatic carbocycles. The standard InChI is InChI=1S/C5H9N3OS/c1-5(2)3(6)7-4(10)8(5)9/h9H,1-2H3,(H2,6,7,10). The first kappa shape index (κ1) is 7.43. The van der Waals surface area contributed by atoms with Gasteiger partial charge in [0.1, 0.15) is 11.4 Å². The van der Waals surface area contributed by atoms with E-state index in [0.29, 0.717) is 5.84 Å². The van der Waals surface area contributed by atoms with Crippen molar-refractivity contribution >= 4 is 23.2 Å². The van der Waals surface area contributed by atoms with Crippen molar-refractivity contribution in [2.45, 2.75) is 19.4 Å². The van der Waals surface area contributed by atoms with E-state index in [-0.39, 0.29) is 5.11 Å². The highest BCUT2D eigenvalue weighted by Crippen LogP contribution is 2.19. The molecule has 0 spiro atoms. The molecule has 0 fully saturated rings. The highest BCUT2D eigenvalue weighted by Gasteiger charge is 2.37. The van der Waals surface area contributed by atoms with Crippen LogP contribution in [0.3, 0.4) is 0 Å². The molecule has 10 heavy (non-hydrogen) atoms. The molecule has 5 heteroatoms. The molecule has 0 saturated heterocycles. The second-order valence-electron chi connectivity index (χ2n) is 2.65. The van der Waals surface area contributed by atoms with Gasteiger partial charge in [-0.3, -0.25) is 5.21 Å². The summed E-state index contributed by atoms with van der Waals surface area (Å²) in [4.78, 5) is 3.72. The molecule has 0 radical (unpaired) electrons. The molecular weight excluding hydrogens is 150 g/mol. The molecule has 0 amide bonds. The van der Waals surface area contributed by atoms with Crippen LogP contribution in [0.2, 0.25) is 0 Å². The van der Waals surface area contributed by atoms with E-state index in [1.165, 1.54) is 0 Å². The number of nitrogens with zero attached hydrogens (tertiary/aromatic N) is 2. The van der Waals surface area contributed by atoms with Gasteiger partial charge in [0.25, 0.3) is 0 Å². The van der Waals surface area contributed by atoms with E-state index in [0.717, 1.165) is 5.06 Å². The van der Waals surface area contributed by atoms with Crippen molar-refractivity contribution in [3.63, 3.8) is 0 Å². The number of amidine groups is 1. The van der Waals surface area contributed by atoms with Crippen molar-refractivity contribution in [3.05, 3.63) is 0 Å². The zero-order valence-corrected chi connectivity index (χ0v) is 6.64. The van der Waals surface area contributed by atoms with Crippen molar-refractivity contribution in [2.75, 3.05) is 0 Å². The van der Waals surface area contributed by atoms with Crippen LogP contribution in [-0.4, -0.2) is 26.8 Å². The Bertz CT molecular complexity index is 211. The number of aliphatic imine (C=N–C) groups is 1. The summed E-state index contributed by atoms with van der Waals surface area (Å²) in [6.07, 6.45) is 0. The fraction of sp³-hybridized carbons (Fsp3) is 0.600. The van der Waals surface area contributed by atoms with Crippen LogP contribution in [0.5, 0.6) is 0 Å². The van der Waals surface area contributed by atoms with E-state index in [9.17, 15) is 5.21 Å². The van der Waals surface area contributed by atoms with E-state index >= 15 is 0 Å². The maximum Gasteiger partial charge on any atom is 0.222 e. The molecule has 0 atom stereocenters. The lowest BCUT2D eigenvalue weighted by molar-refractivity contribution is -0.0578. The lowest BCUT2D eigenvalue weighted by atomic mass is 10.1. The van der Waals surface area contributed by atoms with Crippen molar-refractivity contribution in [3.8, 4) is 0 Å². The predicted molar refractivity (Wildman–Crippen MR) is 41.9 cm³/mol. The molecule has 1 aliphatic heterocycles. The van der Waals surface area contributed by atoms with Gasteiger partial charge in [-0.05, 0) is 26.1 Å². The van der Waals surface area contributed by atoms with Gasteiger partial charge in [-0.15, -0.1) is 0 Å². The molecule has 0 unspecified atom stereocenters. The highest BCUT2D eigenvalue weighted by atomic mass is 32.1. The Labute approximate surface area is 64.3 Å². The minimum absolute atomic E-state index is 0.127. The maximum absolute atomic E-state index is 9.19. The normalized spacial score (nSPS) is 23.3. The Morgan fingerprint density at radius 1 is 1.70 bits per heavy atom. The van der Waals surface area contributed by atoms with Gasteiger partial charge < -0.3 is 5.73 Å². The summed E-state index contributed by atoms with van der Waals surface area (Å²) in [6.45, 7) is 3.48. The molecule has 0 aromatic rings. The molecular formula is C5H9N3OS. The van der Waals surface area contributed by atoms with Crippen molar-refractivity contribution in [1.82, 2.24) is 5.06 Å². The molecule has 1 rings (SSSR count). The summed E-state index contributed by atoms with van der Waals surface area (Å²) in [5.74, 6) is 0.347. The van der Waals surface area contributed by atoms with Gasteiger partial charge in [0.05, 0.1) is 0 Å². The van der Waals surface area contributed by atoms with Crippen molar-refractivity contribution in [2.24, 2.45) is 10.7 Å².